The molecule has 0 saturated heterocycles. The van der Waals surface area contributed by atoms with Crippen molar-refractivity contribution in [1.29, 1.82) is 0 Å². The van der Waals surface area contributed by atoms with Gasteiger partial charge in [0.1, 0.15) is 5.01 Å². The lowest BCUT2D eigenvalue weighted by atomic mass is 10.0. The molecule has 0 spiro atoms. The van der Waals surface area contributed by atoms with E-state index in [2.05, 4.69) is 35.1 Å². The van der Waals surface area contributed by atoms with E-state index in [0.29, 0.717) is 12.5 Å². The molecule has 2 aromatic heterocycles. The van der Waals surface area contributed by atoms with Gasteiger partial charge in [-0.15, -0.1) is 11.3 Å². The number of nitrogens with zero attached hydrogens (tertiary/aromatic N) is 2. The van der Waals surface area contributed by atoms with Crippen molar-refractivity contribution in [2.45, 2.75) is 25.7 Å². The van der Waals surface area contributed by atoms with Crippen LogP contribution in [0, 0.1) is 0 Å². The maximum Gasteiger partial charge on any atom is 0.103 e. The number of nitrogens with two attached hydrogens (primary N) is 1. The maximum atomic E-state index is 5.80. The molecule has 16 heavy (non-hydrogen) atoms. The highest BCUT2D eigenvalue weighted by atomic mass is 32.1. The van der Waals surface area contributed by atoms with Crippen LogP contribution >= 0.6 is 11.3 Å². The monoisotopic (exact) mass is 236 g/mol. The quantitative estimate of drug-likeness (QED) is 0.854. The summed E-state index contributed by atoms with van der Waals surface area (Å²) in [7, 11) is 0. The summed E-state index contributed by atoms with van der Waals surface area (Å²) < 4.78 is 0. The van der Waals surface area contributed by atoms with Crippen LogP contribution in [0.3, 0.4) is 0 Å². The molecule has 5 heteroatoms. The molecule has 3 N–H and O–H groups in total. The van der Waals surface area contributed by atoms with E-state index >= 15 is 0 Å². The van der Waals surface area contributed by atoms with Crippen LogP contribution in [0.1, 0.15) is 42.1 Å². The van der Waals surface area contributed by atoms with Crippen molar-refractivity contribution in [2.24, 2.45) is 5.73 Å². The van der Waals surface area contributed by atoms with Gasteiger partial charge in [0.25, 0.3) is 0 Å². The zero-order chi connectivity index (χ0) is 11.5. The van der Waals surface area contributed by atoms with Crippen molar-refractivity contribution < 1.29 is 0 Å². The van der Waals surface area contributed by atoms with Gasteiger partial charge in [-0.3, -0.25) is 5.10 Å². The predicted molar refractivity (Wildman–Crippen MR) is 65.7 cm³/mol. The van der Waals surface area contributed by atoms with E-state index in [0.717, 1.165) is 16.4 Å². The predicted octanol–water partition coefficient (Wildman–Crippen LogP) is 2.08. The second kappa shape index (κ2) is 4.76. The fraction of sp³-hybridized carbons (Fsp3) is 0.455. The molecule has 0 radical (unpaired) electrons. The van der Waals surface area contributed by atoms with Crippen LogP contribution in [0.5, 0.6) is 0 Å². The standard InChI is InChI=1S/C11H16N4S/c1-7(2)9-5-10(15-14-9)8(6-12)11-13-3-4-16-11/h3-5,7-8H,6,12H2,1-2H3,(H,14,15). The SMILES string of the molecule is CC(C)c1cc(C(CN)c2nccs2)[nH]n1. The van der Waals surface area contributed by atoms with E-state index in [1.165, 1.54) is 0 Å². The molecule has 1 atom stereocenters. The largest absolute Gasteiger partial charge is 0.329 e. The number of rotatable bonds is 4. The topological polar surface area (TPSA) is 67.6 Å². The first kappa shape index (κ1) is 11.3. The third-order valence-corrected chi connectivity index (χ3v) is 3.46. The van der Waals surface area contributed by atoms with Crippen LogP contribution in [-0.4, -0.2) is 21.7 Å². The molecule has 0 fully saturated rings. The van der Waals surface area contributed by atoms with Crippen molar-refractivity contribution in [3.05, 3.63) is 34.0 Å². The molecule has 0 aliphatic heterocycles. The van der Waals surface area contributed by atoms with E-state index in [1.54, 1.807) is 11.3 Å². The molecule has 2 aromatic rings. The van der Waals surface area contributed by atoms with Crippen molar-refractivity contribution in [3.63, 3.8) is 0 Å². The first-order valence-corrected chi connectivity index (χ1v) is 6.25. The van der Waals surface area contributed by atoms with E-state index in [1.807, 2.05) is 11.6 Å². The van der Waals surface area contributed by atoms with E-state index in [4.69, 9.17) is 5.73 Å². The molecule has 2 rings (SSSR count). The molecule has 0 amide bonds. The van der Waals surface area contributed by atoms with Crippen molar-refractivity contribution in [3.8, 4) is 0 Å². The highest BCUT2D eigenvalue weighted by Gasteiger charge is 2.18. The van der Waals surface area contributed by atoms with Crippen LogP contribution in [0.2, 0.25) is 0 Å². The molecule has 0 aromatic carbocycles. The number of hydrogen-bond acceptors (Lipinski definition) is 4. The first-order valence-electron chi connectivity index (χ1n) is 5.37. The lowest BCUT2D eigenvalue weighted by Gasteiger charge is -2.08. The Balaban J connectivity index is 2.27. The number of hydrogen-bond donors (Lipinski definition) is 2. The van der Waals surface area contributed by atoms with Crippen molar-refractivity contribution >= 4 is 11.3 Å². The fourth-order valence-corrected chi connectivity index (χ4v) is 2.36. The third-order valence-electron chi connectivity index (χ3n) is 2.57. The van der Waals surface area contributed by atoms with Gasteiger partial charge in [0.15, 0.2) is 0 Å². The van der Waals surface area contributed by atoms with Crippen molar-refractivity contribution in [1.82, 2.24) is 15.2 Å². The number of H-pyrrole nitrogens is 1. The van der Waals surface area contributed by atoms with E-state index in [-0.39, 0.29) is 5.92 Å². The van der Waals surface area contributed by atoms with Crippen LogP contribution in [0.25, 0.3) is 0 Å². The summed E-state index contributed by atoms with van der Waals surface area (Å²) in [4.78, 5) is 4.31. The Morgan fingerprint density at radius 1 is 1.50 bits per heavy atom. The summed E-state index contributed by atoms with van der Waals surface area (Å²) in [5.74, 6) is 0.569. The Bertz CT molecular complexity index is 433. The lowest BCUT2D eigenvalue weighted by molar-refractivity contribution is 0.767. The number of thiazole rings is 1. The Kier molecular flexibility index (Phi) is 3.36. The zero-order valence-electron chi connectivity index (χ0n) is 9.47. The Hall–Kier alpha value is -1.20. The lowest BCUT2D eigenvalue weighted by Crippen LogP contribution is -2.14. The second-order valence-electron chi connectivity index (χ2n) is 4.06. The highest BCUT2D eigenvalue weighted by molar-refractivity contribution is 7.09. The normalized spacial score (nSPS) is 13.2. The van der Waals surface area contributed by atoms with Gasteiger partial charge in [-0.2, -0.15) is 5.10 Å². The molecule has 2 heterocycles. The zero-order valence-corrected chi connectivity index (χ0v) is 10.3. The van der Waals surface area contributed by atoms with Gasteiger partial charge in [-0.05, 0) is 12.0 Å². The summed E-state index contributed by atoms with van der Waals surface area (Å²) in [5.41, 5.74) is 7.93. The second-order valence-corrected chi connectivity index (χ2v) is 4.99. The van der Waals surface area contributed by atoms with E-state index in [9.17, 15) is 0 Å². The molecule has 4 nitrogen and oxygen atoms in total. The van der Waals surface area contributed by atoms with Crippen LogP contribution in [0.15, 0.2) is 17.6 Å². The average molecular weight is 236 g/mol. The minimum absolute atomic E-state index is 0.139. The number of aromatic amines is 1. The van der Waals surface area contributed by atoms with Crippen LogP contribution < -0.4 is 5.73 Å². The highest BCUT2D eigenvalue weighted by Crippen LogP contribution is 2.25. The van der Waals surface area contributed by atoms with Crippen LogP contribution in [-0.2, 0) is 0 Å². The van der Waals surface area contributed by atoms with Gasteiger partial charge >= 0.3 is 0 Å². The molecule has 0 aliphatic carbocycles. The van der Waals surface area contributed by atoms with Gasteiger partial charge < -0.3 is 5.73 Å². The Morgan fingerprint density at radius 3 is 2.81 bits per heavy atom. The number of aromatic nitrogens is 3. The summed E-state index contributed by atoms with van der Waals surface area (Å²) in [6, 6.07) is 2.09. The molecule has 1 unspecified atom stereocenters. The maximum absolute atomic E-state index is 5.80. The summed E-state index contributed by atoms with van der Waals surface area (Å²) >= 11 is 1.63. The molecule has 0 saturated carbocycles. The average Bonchev–Trinajstić information content (AvgIpc) is 2.88. The fourth-order valence-electron chi connectivity index (χ4n) is 1.59. The first-order chi connectivity index (χ1) is 7.72. The van der Waals surface area contributed by atoms with Gasteiger partial charge in [0.05, 0.1) is 11.6 Å². The van der Waals surface area contributed by atoms with Gasteiger partial charge in [0, 0.05) is 23.8 Å². The summed E-state index contributed by atoms with van der Waals surface area (Å²) in [5, 5.41) is 10.4. The third kappa shape index (κ3) is 2.15. The summed E-state index contributed by atoms with van der Waals surface area (Å²) in [6.45, 7) is 4.80. The van der Waals surface area contributed by atoms with Crippen molar-refractivity contribution in [2.75, 3.05) is 6.54 Å². The molecular formula is C11H16N4S. The minimum atomic E-state index is 0.139. The van der Waals surface area contributed by atoms with Gasteiger partial charge in [-0.1, -0.05) is 13.8 Å². The molecule has 86 valence electrons. The smallest absolute Gasteiger partial charge is 0.103 e. The van der Waals surface area contributed by atoms with E-state index < -0.39 is 0 Å². The number of nitrogens with one attached hydrogen (secondary N) is 1. The summed E-state index contributed by atoms with van der Waals surface area (Å²) in [6.07, 6.45) is 1.81. The van der Waals surface area contributed by atoms with Crippen LogP contribution in [0.4, 0.5) is 0 Å². The minimum Gasteiger partial charge on any atom is -0.329 e. The van der Waals surface area contributed by atoms with Gasteiger partial charge in [-0.25, -0.2) is 4.98 Å². The Morgan fingerprint density at radius 2 is 2.31 bits per heavy atom. The molecular weight excluding hydrogens is 220 g/mol. The molecule has 0 bridgehead atoms. The molecule has 0 aliphatic rings. The Labute approximate surface area is 98.9 Å². The van der Waals surface area contributed by atoms with Gasteiger partial charge in [0.2, 0.25) is 0 Å².